The number of nitrogen functional groups attached to an aromatic ring is 1. The topological polar surface area (TPSA) is 43.8 Å². The molecule has 3 aromatic rings. The predicted octanol–water partition coefficient (Wildman–Crippen LogP) is 3.99. The molecule has 1 heterocycles. The molecule has 2 N–H and O–H groups in total. The first-order chi connectivity index (χ1) is 9.08. The smallest absolute Gasteiger partial charge is 0.205 e. The van der Waals surface area contributed by atoms with E-state index in [0.29, 0.717) is 5.95 Å². The summed E-state index contributed by atoms with van der Waals surface area (Å²) in [6.45, 7) is 4.14. The third-order valence-electron chi connectivity index (χ3n) is 3.30. The van der Waals surface area contributed by atoms with Gasteiger partial charge in [0.05, 0.1) is 11.0 Å². The molecule has 2 aromatic carbocycles. The van der Waals surface area contributed by atoms with E-state index >= 15 is 0 Å². The first kappa shape index (κ1) is 12.2. The first-order valence-corrected chi connectivity index (χ1v) is 6.87. The largest absolute Gasteiger partial charge is 0.369 e. The number of imidazole rings is 1. The van der Waals surface area contributed by atoms with Crippen molar-refractivity contribution in [2.75, 3.05) is 5.73 Å². The molecule has 0 aliphatic heterocycles. The fourth-order valence-corrected chi connectivity index (χ4v) is 2.59. The van der Waals surface area contributed by atoms with Gasteiger partial charge in [0.2, 0.25) is 5.95 Å². The van der Waals surface area contributed by atoms with Crippen LogP contribution in [0.5, 0.6) is 0 Å². The highest BCUT2D eigenvalue weighted by Gasteiger charge is 2.12. The van der Waals surface area contributed by atoms with Gasteiger partial charge in [0.1, 0.15) is 0 Å². The Balaban J connectivity index is 2.35. The lowest BCUT2D eigenvalue weighted by molar-refractivity contribution is 1.10. The van der Waals surface area contributed by atoms with Gasteiger partial charge >= 0.3 is 0 Å². The van der Waals surface area contributed by atoms with Crippen LogP contribution in [0.25, 0.3) is 16.7 Å². The molecule has 0 fully saturated rings. The van der Waals surface area contributed by atoms with Gasteiger partial charge in [-0.15, -0.1) is 0 Å². The maximum Gasteiger partial charge on any atom is 0.205 e. The number of para-hydroxylation sites is 1. The van der Waals surface area contributed by atoms with Gasteiger partial charge in [-0.05, 0) is 49.2 Å². The summed E-state index contributed by atoms with van der Waals surface area (Å²) in [6.07, 6.45) is 0. The molecule has 0 aliphatic carbocycles. The van der Waals surface area contributed by atoms with Crippen molar-refractivity contribution >= 4 is 32.9 Å². The number of anilines is 1. The van der Waals surface area contributed by atoms with Crippen LogP contribution in [0.2, 0.25) is 0 Å². The van der Waals surface area contributed by atoms with Gasteiger partial charge in [-0.2, -0.15) is 0 Å². The molecule has 3 rings (SSSR count). The zero-order valence-corrected chi connectivity index (χ0v) is 12.4. The van der Waals surface area contributed by atoms with Crippen LogP contribution in [-0.4, -0.2) is 9.55 Å². The van der Waals surface area contributed by atoms with Gasteiger partial charge in [0.25, 0.3) is 0 Å². The van der Waals surface area contributed by atoms with Crippen molar-refractivity contribution in [2.24, 2.45) is 0 Å². The van der Waals surface area contributed by atoms with Crippen LogP contribution in [-0.2, 0) is 0 Å². The van der Waals surface area contributed by atoms with Crippen molar-refractivity contribution in [1.29, 1.82) is 0 Å². The van der Waals surface area contributed by atoms with Gasteiger partial charge in [-0.1, -0.05) is 28.1 Å². The fourth-order valence-electron chi connectivity index (χ4n) is 2.34. The van der Waals surface area contributed by atoms with Gasteiger partial charge in [0.15, 0.2) is 0 Å². The second-order valence-corrected chi connectivity index (χ2v) is 5.54. The molecule has 19 heavy (non-hydrogen) atoms. The number of halogens is 1. The average molecular weight is 316 g/mol. The van der Waals surface area contributed by atoms with Crippen molar-refractivity contribution in [3.63, 3.8) is 0 Å². The minimum absolute atomic E-state index is 0.519. The van der Waals surface area contributed by atoms with Crippen LogP contribution in [0.15, 0.2) is 40.9 Å². The van der Waals surface area contributed by atoms with Crippen LogP contribution in [0.4, 0.5) is 5.95 Å². The van der Waals surface area contributed by atoms with E-state index in [0.717, 1.165) is 21.2 Å². The highest BCUT2D eigenvalue weighted by molar-refractivity contribution is 9.10. The van der Waals surface area contributed by atoms with Crippen LogP contribution in [0, 0.1) is 13.8 Å². The predicted molar refractivity (Wildman–Crippen MR) is 82.7 cm³/mol. The Morgan fingerprint density at radius 1 is 1.11 bits per heavy atom. The Bertz CT molecular complexity index is 774. The summed E-state index contributed by atoms with van der Waals surface area (Å²) in [4.78, 5) is 4.43. The lowest BCUT2D eigenvalue weighted by atomic mass is 10.2. The maximum absolute atomic E-state index is 6.08. The summed E-state index contributed by atoms with van der Waals surface area (Å²) in [5.74, 6) is 0.519. The number of hydrogen-bond acceptors (Lipinski definition) is 2. The molecule has 0 atom stereocenters. The molecule has 3 nitrogen and oxygen atoms in total. The fraction of sp³-hybridized carbons (Fsp3) is 0.133. The second kappa shape index (κ2) is 4.38. The summed E-state index contributed by atoms with van der Waals surface area (Å²) >= 11 is 3.52. The standard InChI is InChI=1S/C15H14BrN3/c1-9-4-3-5-13-14(9)19(15(17)18-13)11-6-7-12(16)10(2)8-11/h3-8H,1-2H3,(H2,17,18). The van der Waals surface area contributed by atoms with Gasteiger partial charge < -0.3 is 5.73 Å². The number of aromatic nitrogens is 2. The average Bonchev–Trinajstić information content (AvgIpc) is 2.70. The quantitative estimate of drug-likeness (QED) is 0.738. The lowest BCUT2D eigenvalue weighted by Gasteiger charge is -2.09. The Hall–Kier alpha value is -1.81. The minimum Gasteiger partial charge on any atom is -0.369 e. The number of nitrogens with two attached hydrogens (primary N) is 1. The monoisotopic (exact) mass is 315 g/mol. The van der Waals surface area contributed by atoms with Crippen molar-refractivity contribution in [2.45, 2.75) is 13.8 Å². The van der Waals surface area contributed by atoms with Crippen LogP contribution in [0.1, 0.15) is 11.1 Å². The number of benzene rings is 2. The van der Waals surface area contributed by atoms with E-state index in [9.17, 15) is 0 Å². The highest BCUT2D eigenvalue weighted by atomic mass is 79.9. The van der Waals surface area contributed by atoms with Crippen molar-refractivity contribution in [3.8, 4) is 5.69 Å². The number of nitrogens with zero attached hydrogens (tertiary/aromatic N) is 2. The molecular weight excluding hydrogens is 302 g/mol. The summed E-state index contributed by atoms with van der Waals surface area (Å²) in [6, 6.07) is 12.2. The molecule has 0 unspecified atom stereocenters. The normalized spacial score (nSPS) is 11.1. The SMILES string of the molecule is Cc1cc(-n2c(N)nc3cccc(C)c32)ccc1Br. The number of aryl methyl sites for hydroxylation is 2. The highest BCUT2D eigenvalue weighted by Crippen LogP contribution is 2.27. The molecule has 0 radical (unpaired) electrons. The van der Waals surface area contributed by atoms with Gasteiger partial charge in [-0.25, -0.2) is 4.98 Å². The van der Waals surface area contributed by atoms with E-state index in [2.05, 4.69) is 46.9 Å². The summed E-state index contributed by atoms with van der Waals surface area (Å²) < 4.78 is 3.10. The number of rotatable bonds is 1. The summed E-state index contributed by atoms with van der Waals surface area (Å²) in [7, 11) is 0. The minimum atomic E-state index is 0.519. The third-order valence-corrected chi connectivity index (χ3v) is 4.19. The maximum atomic E-state index is 6.08. The molecule has 1 aromatic heterocycles. The number of fused-ring (bicyclic) bond motifs is 1. The van der Waals surface area contributed by atoms with Crippen molar-refractivity contribution in [1.82, 2.24) is 9.55 Å². The molecular formula is C15H14BrN3. The molecule has 0 spiro atoms. The summed E-state index contributed by atoms with van der Waals surface area (Å²) in [5, 5.41) is 0. The molecule has 4 heteroatoms. The molecule has 0 saturated heterocycles. The molecule has 0 saturated carbocycles. The Morgan fingerprint density at radius 2 is 1.89 bits per heavy atom. The molecule has 0 aliphatic rings. The molecule has 96 valence electrons. The van der Waals surface area contributed by atoms with E-state index in [-0.39, 0.29) is 0 Å². The third kappa shape index (κ3) is 1.92. The first-order valence-electron chi connectivity index (χ1n) is 6.08. The second-order valence-electron chi connectivity index (χ2n) is 4.68. The Kier molecular flexibility index (Phi) is 2.82. The van der Waals surface area contributed by atoms with Crippen LogP contribution in [0.3, 0.4) is 0 Å². The van der Waals surface area contributed by atoms with E-state index in [1.54, 1.807) is 0 Å². The van der Waals surface area contributed by atoms with Gasteiger partial charge in [0, 0.05) is 10.2 Å². The Morgan fingerprint density at radius 3 is 2.63 bits per heavy atom. The molecule has 0 amide bonds. The van der Waals surface area contributed by atoms with Gasteiger partial charge in [-0.3, -0.25) is 4.57 Å². The van der Waals surface area contributed by atoms with E-state index in [4.69, 9.17) is 5.73 Å². The molecule has 0 bridgehead atoms. The van der Waals surface area contributed by atoms with E-state index in [1.165, 1.54) is 11.1 Å². The van der Waals surface area contributed by atoms with Crippen molar-refractivity contribution < 1.29 is 0 Å². The Labute approximate surface area is 120 Å². The zero-order valence-electron chi connectivity index (χ0n) is 10.8. The van der Waals surface area contributed by atoms with E-state index in [1.807, 2.05) is 28.8 Å². The van der Waals surface area contributed by atoms with Crippen LogP contribution >= 0.6 is 15.9 Å². The zero-order chi connectivity index (χ0) is 13.6. The lowest BCUT2D eigenvalue weighted by Crippen LogP contribution is -2.01. The summed E-state index contributed by atoms with van der Waals surface area (Å²) in [5.41, 5.74) is 11.5. The van der Waals surface area contributed by atoms with E-state index < -0.39 is 0 Å². The van der Waals surface area contributed by atoms with Crippen LogP contribution < -0.4 is 5.73 Å². The van der Waals surface area contributed by atoms with Crippen molar-refractivity contribution in [3.05, 3.63) is 52.0 Å². The number of hydrogen-bond donors (Lipinski definition) is 1.